The Morgan fingerprint density at radius 2 is 2.11 bits per heavy atom. The molecule has 2 heterocycles. The maximum atomic E-state index is 12.2. The summed E-state index contributed by atoms with van der Waals surface area (Å²) in [5.74, 6) is -0.409. The van der Waals surface area contributed by atoms with E-state index in [0.29, 0.717) is 11.7 Å². The molecule has 8 nitrogen and oxygen atoms in total. The van der Waals surface area contributed by atoms with E-state index in [1.54, 1.807) is 6.92 Å². The van der Waals surface area contributed by atoms with Crippen LogP contribution in [0.3, 0.4) is 0 Å². The first-order chi connectivity index (χ1) is 9.06. The van der Waals surface area contributed by atoms with Crippen molar-refractivity contribution in [2.45, 2.75) is 31.7 Å². The van der Waals surface area contributed by atoms with Crippen molar-refractivity contribution in [3.8, 4) is 0 Å². The molecule has 100 valence electrons. The summed E-state index contributed by atoms with van der Waals surface area (Å²) in [6, 6.07) is -0.701. The minimum absolute atomic E-state index is 0.0104. The molecule has 0 bridgehead atoms. The van der Waals surface area contributed by atoms with Crippen molar-refractivity contribution in [1.29, 1.82) is 0 Å². The van der Waals surface area contributed by atoms with Crippen LogP contribution >= 0.6 is 0 Å². The van der Waals surface area contributed by atoms with Crippen LogP contribution in [0.5, 0.6) is 0 Å². The smallest absolute Gasteiger partial charge is 0.294 e. The topological polar surface area (TPSA) is 108 Å². The van der Waals surface area contributed by atoms with Crippen molar-refractivity contribution in [2.24, 2.45) is 0 Å². The molecule has 2 aliphatic rings. The molecule has 1 saturated carbocycles. The number of imide groups is 1. The first-order valence-corrected chi connectivity index (χ1v) is 6.13. The van der Waals surface area contributed by atoms with Gasteiger partial charge in [-0.15, -0.1) is 5.10 Å². The summed E-state index contributed by atoms with van der Waals surface area (Å²) in [5, 5.41) is 8.78. The first-order valence-electron chi connectivity index (χ1n) is 6.13. The number of rotatable bonds is 2. The summed E-state index contributed by atoms with van der Waals surface area (Å²) in [6.07, 6.45) is 2.09. The third-order valence-corrected chi connectivity index (χ3v) is 3.34. The van der Waals surface area contributed by atoms with Crippen molar-refractivity contribution in [2.75, 3.05) is 6.54 Å². The SMILES string of the molecule is CC1C(=O)NC(=O)CN1C(=O)c1n[nH]c(C2CC2)n1. The van der Waals surface area contributed by atoms with Crippen molar-refractivity contribution < 1.29 is 14.4 Å². The van der Waals surface area contributed by atoms with Crippen LogP contribution in [-0.2, 0) is 9.59 Å². The van der Waals surface area contributed by atoms with E-state index in [2.05, 4.69) is 20.5 Å². The zero-order valence-electron chi connectivity index (χ0n) is 10.3. The van der Waals surface area contributed by atoms with Crippen molar-refractivity contribution in [3.05, 3.63) is 11.6 Å². The molecule has 3 rings (SSSR count). The fourth-order valence-electron chi connectivity index (χ4n) is 2.00. The van der Waals surface area contributed by atoms with Gasteiger partial charge >= 0.3 is 0 Å². The number of carbonyl (C=O) groups excluding carboxylic acids is 3. The standard InChI is InChI=1S/C11H13N5O3/c1-5-10(18)12-7(17)4-16(5)11(19)9-13-8(14-15-9)6-2-3-6/h5-6H,2-4H2,1H3,(H,12,17,18)(H,13,14,15). The predicted molar refractivity (Wildman–Crippen MR) is 62.0 cm³/mol. The number of H-pyrrole nitrogens is 1. The molecular weight excluding hydrogens is 250 g/mol. The van der Waals surface area contributed by atoms with Crippen LogP contribution in [0.25, 0.3) is 0 Å². The number of amides is 3. The second-order valence-electron chi connectivity index (χ2n) is 4.84. The number of carbonyl (C=O) groups is 3. The lowest BCUT2D eigenvalue weighted by Gasteiger charge is -2.30. The Morgan fingerprint density at radius 1 is 1.37 bits per heavy atom. The highest BCUT2D eigenvalue weighted by Crippen LogP contribution is 2.37. The number of hydrogen-bond donors (Lipinski definition) is 2. The highest BCUT2D eigenvalue weighted by Gasteiger charge is 2.36. The second kappa shape index (κ2) is 4.15. The third kappa shape index (κ3) is 2.09. The van der Waals surface area contributed by atoms with Crippen LogP contribution in [0.1, 0.15) is 42.1 Å². The molecule has 8 heteroatoms. The molecule has 2 fully saturated rings. The van der Waals surface area contributed by atoms with Crippen molar-refractivity contribution in [1.82, 2.24) is 25.4 Å². The van der Waals surface area contributed by atoms with Crippen LogP contribution in [0.4, 0.5) is 0 Å². The van der Waals surface area contributed by atoms with Gasteiger partial charge in [-0.25, -0.2) is 4.98 Å². The van der Waals surface area contributed by atoms with Gasteiger partial charge in [0.1, 0.15) is 18.4 Å². The lowest BCUT2D eigenvalue weighted by Crippen LogP contribution is -2.58. The van der Waals surface area contributed by atoms with Crippen LogP contribution < -0.4 is 5.32 Å². The molecule has 1 atom stereocenters. The molecule has 0 radical (unpaired) electrons. The predicted octanol–water partition coefficient (Wildman–Crippen LogP) is -0.831. The Morgan fingerprint density at radius 3 is 2.79 bits per heavy atom. The minimum Gasteiger partial charge on any atom is -0.315 e. The maximum Gasteiger partial charge on any atom is 0.294 e. The number of aromatic nitrogens is 3. The van der Waals surface area contributed by atoms with Crippen LogP contribution in [-0.4, -0.2) is 50.4 Å². The van der Waals surface area contributed by atoms with E-state index in [-0.39, 0.29) is 12.4 Å². The summed E-state index contributed by atoms with van der Waals surface area (Å²) >= 11 is 0. The van der Waals surface area contributed by atoms with Gasteiger partial charge < -0.3 is 4.90 Å². The number of hydrogen-bond acceptors (Lipinski definition) is 5. The Bertz CT molecular complexity index is 562. The molecule has 0 spiro atoms. The lowest BCUT2D eigenvalue weighted by atomic mass is 10.2. The average molecular weight is 263 g/mol. The quantitative estimate of drug-likeness (QED) is 0.677. The van der Waals surface area contributed by atoms with E-state index >= 15 is 0 Å². The highest BCUT2D eigenvalue weighted by atomic mass is 16.2. The van der Waals surface area contributed by atoms with Gasteiger partial charge in [-0.3, -0.25) is 24.8 Å². The van der Waals surface area contributed by atoms with E-state index in [4.69, 9.17) is 0 Å². The number of nitrogens with zero attached hydrogens (tertiary/aromatic N) is 3. The summed E-state index contributed by atoms with van der Waals surface area (Å²) < 4.78 is 0. The molecule has 1 unspecified atom stereocenters. The Labute approximate surface area is 108 Å². The van der Waals surface area contributed by atoms with Crippen molar-refractivity contribution >= 4 is 17.7 Å². The Kier molecular flexibility index (Phi) is 2.58. The summed E-state index contributed by atoms with van der Waals surface area (Å²) in [6.45, 7) is 1.41. The van der Waals surface area contributed by atoms with E-state index in [1.807, 2.05) is 0 Å². The monoisotopic (exact) mass is 263 g/mol. The van der Waals surface area contributed by atoms with E-state index < -0.39 is 23.8 Å². The molecule has 0 aromatic carbocycles. The van der Waals surface area contributed by atoms with Gasteiger partial charge in [0.25, 0.3) is 5.91 Å². The Hall–Kier alpha value is -2.25. The second-order valence-corrected chi connectivity index (χ2v) is 4.84. The van der Waals surface area contributed by atoms with Gasteiger partial charge in [-0.1, -0.05) is 0 Å². The van der Waals surface area contributed by atoms with Gasteiger partial charge in [-0.05, 0) is 19.8 Å². The number of aromatic amines is 1. The molecule has 1 aliphatic heterocycles. The summed E-state index contributed by atoms with van der Waals surface area (Å²) in [7, 11) is 0. The average Bonchev–Trinajstić information content (AvgIpc) is 3.11. The number of piperazine rings is 1. The van der Waals surface area contributed by atoms with Crippen LogP contribution in [0, 0.1) is 0 Å². The molecule has 1 aromatic rings. The molecule has 19 heavy (non-hydrogen) atoms. The van der Waals surface area contributed by atoms with Crippen LogP contribution in [0.2, 0.25) is 0 Å². The first kappa shape index (κ1) is 11.8. The molecule has 3 amide bonds. The molecule has 2 N–H and O–H groups in total. The van der Waals surface area contributed by atoms with Gasteiger partial charge in [0.05, 0.1) is 0 Å². The summed E-state index contributed by atoms with van der Waals surface area (Å²) in [4.78, 5) is 40.3. The van der Waals surface area contributed by atoms with Gasteiger partial charge in [-0.2, -0.15) is 0 Å². The zero-order chi connectivity index (χ0) is 13.6. The van der Waals surface area contributed by atoms with E-state index in [1.165, 1.54) is 4.90 Å². The van der Waals surface area contributed by atoms with Gasteiger partial charge in [0, 0.05) is 5.92 Å². The van der Waals surface area contributed by atoms with E-state index in [9.17, 15) is 14.4 Å². The third-order valence-electron chi connectivity index (χ3n) is 3.34. The van der Waals surface area contributed by atoms with Crippen LogP contribution in [0.15, 0.2) is 0 Å². The zero-order valence-corrected chi connectivity index (χ0v) is 10.3. The molecule has 1 aliphatic carbocycles. The fourth-order valence-corrected chi connectivity index (χ4v) is 2.00. The van der Waals surface area contributed by atoms with E-state index in [0.717, 1.165) is 12.8 Å². The minimum atomic E-state index is -0.701. The fraction of sp³-hybridized carbons (Fsp3) is 0.545. The van der Waals surface area contributed by atoms with Gasteiger partial charge in [0.2, 0.25) is 17.6 Å². The normalized spacial score (nSPS) is 23.4. The molecule has 1 saturated heterocycles. The summed E-state index contributed by atoms with van der Waals surface area (Å²) in [5.41, 5.74) is 0. The lowest BCUT2D eigenvalue weighted by molar-refractivity contribution is -0.138. The molecular formula is C11H13N5O3. The number of nitrogens with one attached hydrogen (secondary N) is 2. The largest absolute Gasteiger partial charge is 0.315 e. The van der Waals surface area contributed by atoms with Gasteiger partial charge in [0.15, 0.2) is 0 Å². The maximum absolute atomic E-state index is 12.2. The highest BCUT2D eigenvalue weighted by molar-refractivity contribution is 6.06. The molecule has 1 aromatic heterocycles. The Balaban J connectivity index is 1.81. The van der Waals surface area contributed by atoms with Crippen molar-refractivity contribution in [3.63, 3.8) is 0 Å².